The molecule has 2 aromatic carbocycles. The molecule has 196 valence electrons. The number of hydrogen-bond donors (Lipinski definition) is 1. The first kappa shape index (κ1) is 27.0. The Balaban J connectivity index is 1.74. The maximum atomic E-state index is 13.6. The van der Waals surface area contributed by atoms with Gasteiger partial charge in [0, 0.05) is 19.4 Å². The molecule has 0 radical (unpaired) electrons. The fourth-order valence-electron chi connectivity index (χ4n) is 4.49. The predicted octanol–water partition coefficient (Wildman–Crippen LogP) is 4.93. The highest BCUT2D eigenvalue weighted by Crippen LogP contribution is 2.36. The van der Waals surface area contributed by atoms with Crippen LogP contribution in [0.15, 0.2) is 47.4 Å². The molecule has 1 N–H and O–H groups in total. The Morgan fingerprint density at radius 3 is 2.59 bits per heavy atom. The number of rotatable bonds is 8. The third kappa shape index (κ3) is 5.61. The molecule has 2 heterocycles. The van der Waals surface area contributed by atoms with Crippen LogP contribution in [-0.2, 0) is 21.4 Å². The predicted molar refractivity (Wildman–Crippen MR) is 141 cm³/mol. The molecule has 0 aliphatic carbocycles. The number of hydrogen-bond acceptors (Lipinski definition) is 7. The van der Waals surface area contributed by atoms with E-state index in [0.29, 0.717) is 33.3 Å². The molecule has 0 saturated heterocycles. The summed E-state index contributed by atoms with van der Waals surface area (Å²) in [4.78, 5) is 28.9. The van der Waals surface area contributed by atoms with E-state index in [-0.39, 0.29) is 36.3 Å². The van der Waals surface area contributed by atoms with Crippen LogP contribution in [0.1, 0.15) is 69.7 Å². The summed E-state index contributed by atoms with van der Waals surface area (Å²) >= 11 is 1.21. The summed E-state index contributed by atoms with van der Waals surface area (Å²) in [7, 11) is -3.83. The second-order valence-electron chi connectivity index (χ2n) is 9.25. The van der Waals surface area contributed by atoms with Crippen molar-refractivity contribution in [2.24, 2.45) is 0 Å². The van der Waals surface area contributed by atoms with Crippen molar-refractivity contribution in [1.29, 1.82) is 0 Å². The highest BCUT2D eigenvalue weighted by atomic mass is 32.2. The monoisotopic (exact) mass is 542 g/mol. The van der Waals surface area contributed by atoms with Gasteiger partial charge in [0.15, 0.2) is 5.78 Å². The summed E-state index contributed by atoms with van der Waals surface area (Å²) in [6.07, 6.45) is 0.139. The second kappa shape index (κ2) is 10.7. The van der Waals surface area contributed by atoms with Gasteiger partial charge in [0.25, 0.3) is 0 Å². The molecule has 1 unspecified atom stereocenters. The van der Waals surface area contributed by atoms with Crippen LogP contribution in [0.3, 0.4) is 0 Å². The largest absolute Gasteiger partial charge is 0.488 e. The van der Waals surface area contributed by atoms with Gasteiger partial charge in [0.05, 0.1) is 23.5 Å². The number of aryl methyl sites for hydroxylation is 2. The standard InChI is InChI=1S/C27H30N2O6S2/c1-5-21-15-29(37(33,34)24-9-7-6-8-23(24)35-21)14-20-12-19(11-10-16(20)2)22(13-25(31)32)27-28-17(3)26(36-27)18(4)30/h6-12,21-22H,5,13-15H2,1-4H3,(H,31,32)/t21-,22?/m1/s1. The van der Waals surface area contributed by atoms with Gasteiger partial charge in [-0.25, -0.2) is 13.4 Å². The third-order valence-electron chi connectivity index (χ3n) is 6.56. The summed E-state index contributed by atoms with van der Waals surface area (Å²) in [6.45, 7) is 7.38. The molecule has 0 fully saturated rings. The quantitative estimate of drug-likeness (QED) is 0.402. The van der Waals surface area contributed by atoms with Crippen LogP contribution in [-0.4, -0.2) is 47.2 Å². The number of nitrogens with zero attached hydrogens (tertiary/aromatic N) is 2. The van der Waals surface area contributed by atoms with Crippen molar-refractivity contribution in [3.8, 4) is 5.75 Å². The lowest BCUT2D eigenvalue weighted by Crippen LogP contribution is -2.36. The number of aromatic nitrogens is 1. The molecule has 37 heavy (non-hydrogen) atoms. The van der Waals surface area contributed by atoms with Gasteiger partial charge < -0.3 is 9.84 Å². The summed E-state index contributed by atoms with van der Waals surface area (Å²) < 4.78 is 34.7. The highest BCUT2D eigenvalue weighted by Gasteiger charge is 2.34. The topological polar surface area (TPSA) is 114 Å². The van der Waals surface area contributed by atoms with Gasteiger partial charge in [-0.05, 0) is 49.1 Å². The summed E-state index contributed by atoms with van der Waals surface area (Å²) in [6, 6.07) is 12.2. The molecule has 8 nitrogen and oxygen atoms in total. The normalized spacial score (nSPS) is 17.9. The van der Waals surface area contributed by atoms with Gasteiger partial charge in [-0.2, -0.15) is 4.31 Å². The van der Waals surface area contributed by atoms with Crippen molar-refractivity contribution in [1.82, 2.24) is 9.29 Å². The zero-order valence-corrected chi connectivity index (χ0v) is 22.9. The maximum absolute atomic E-state index is 13.6. The molecule has 1 aliphatic rings. The maximum Gasteiger partial charge on any atom is 0.304 e. The van der Waals surface area contributed by atoms with E-state index in [9.17, 15) is 23.1 Å². The number of para-hydroxylation sites is 1. The SMILES string of the molecule is CC[C@@H]1CN(Cc2cc(C(CC(=O)O)c3nc(C)c(C(C)=O)s3)ccc2C)S(=O)(=O)c2ccccc2O1. The first-order valence-electron chi connectivity index (χ1n) is 12.1. The molecule has 0 spiro atoms. The Morgan fingerprint density at radius 2 is 1.95 bits per heavy atom. The Kier molecular flexibility index (Phi) is 7.82. The van der Waals surface area contributed by atoms with Crippen LogP contribution in [0, 0.1) is 13.8 Å². The van der Waals surface area contributed by atoms with E-state index >= 15 is 0 Å². The molecular formula is C27H30N2O6S2. The number of fused-ring (bicyclic) bond motifs is 1. The van der Waals surface area contributed by atoms with E-state index in [1.54, 1.807) is 31.2 Å². The van der Waals surface area contributed by atoms with Gasteiger partial charge >= 0.3 is 5.97 Å². The van der Waals surface area contributed by atoms with E-state index in [1.807, 2.05) is 32.0 Å². The van der Waals surface area contributed by atoms with E-state index in [0.717, 1.165) is 11.1 Å². The molecule has 0 amide bonds. The minimum absolute atomic E-state index is 0.112. The summed E-state index contributed by atoms with van der Waals surface area (Å²) in [5, 5.41) is 10.2. The number of carbonyl (C=O) groups is 2. The number of benzene rings is 2. The zero-order valence-electron chi connectivity index (χ0n) is 21.2. The van der Waals surface area contributed by atoms with Crippen LogP contribution in [0.25, 0.3) is 0 Å². The number of carbonyl (C=O) groups excluding carboxylic acids is 1. The molecule has 1 aliphatic heterocycles. The minimum atomic E-state index is -3.83. The van der Waals surface area contributed by atoms with E-state index in [4.69, 9.17) is 4.74 Å². The molecule has 3 aromatic rings. The van der Waals surface area contributed by atoms with Crippen LogP contribution in [0.2, 0.25) is 0 Å². The van der Waals surface area contributed by atoms with E-state index < -0.39 is 21.9 Å². The molecule has 1 aromatic heterocycles. The van der Waals surface area contributed by atoms with E-state index in [1.165, 1.54) is 22.6 Å². The number of ketones is 1. The van der Waals surface area contributed by atoms with Crippen LogP contribution in [0.5, 0.6) is 5.75 Å². The molecule has 0 saturated carbocycles. The first-order valence-corrected chi connectivity index (χ1v) is 14.3. The Hall–Kier alpha value is -3.08. The number of thiazole rings is 1. The molecule has 2 atom stereocenters. The molecule has 0 bridgehead atoms. The average Bonchev–Trinajstić information content (AvgIpc) is 3.19. The van der Waals surface area contributed by atoms with Crippen molar-refractivity contribution >= 4 is 33.1 Å². The zero-order chi connectivity index (χ0) is 26.9. The average molecular weight is 543 g/mol. The summed E-state index contributed by atoms with van der Waals surface area (Å²) in [5.74, 6) is -1.32. The van der Waals surface area contributed by atoms with Gasteiger partial charge in [-0.15, -0.1) is 11.3 Å². The Morgan fingerprint density at radius 1 is 1.22 bits per heavy atom. The molecular weight excluding hydrogens is 512 g/mol. The van der Waals surface area contributed by atoms with Crippen LogP contribution < -0.4 is 4.74 Å². The lowest BCUT2D eigenvalue weighted by Gasteiger charge is -2.24. The number of Topliss-reactive ketones (excluding diaryl/α,β-unsaturated/α-hetero) is 1. The van der Waals surface area contributed by atoms with Crippen molar-refractivity contribution < 1.29 is 27.9 Å². The smallest absolute Gasteiger partial charge is 0.304 e. The Labute approximate surface area is 221 Å². The van der Waals surface area contributed by atoms with Crippen molar-refractivity contribution in [2.45, 2.75) is 64.0 Å². The second-order valence-corrected chi connectivity index (χ2v) is 12.2. The van der Waals surface area contributed by atoms with Crippen molar-refractivity contribution in [3.63, 3.8) is 0 Å². The number of sulfonamides is 1. The highest BCUT2D eigenvalue weighted by molar-refractivity contribution is 7.89. The fourth-order valence-corrected chi connectivity index (χ4v) is 7.15. The summed E-state index contributed by atoms with van der Waals surface area (Å²) in [5.41, 5.74) is 2.95. The minimum Gasteiger partial charge on any atom is -0.488 e. The van der Waals surface area contributed by atoms with Crippen molar-refractivity contribution in [2.75, 3.05) is 6.54 Å². The number of ether oxygens (including phenoxy) is 1. The van der Waals surface area contributed by atoms with Crippen LogP contribution in [0.4, 0.5) is 0 Å². The Bertz CT molecular complexity index is 1450. The third-order valence-corrected chi connectivity index (χ3v) is 9.78. The molecule has 4 rings (SSSR count). The van der Waals surface area contributed by atoms with Gasteiger partial charge in [0.2, 0.25) is 10.0 Å². The lowest BCUT2D eigenvalue weighted by atomic mass is 9.93. The first-order chi connectivity index (χ1) is 17.5. The lowest BCUT2D eigenvalue weighted by molar-refractivity contribution is -0.137. The van der Waals surface area contributed by atoms with Gasteiger partial charge in [-0.1, -0.05) is 37.3 Å². The van der Waals surface area contributed by atoms with Crippen LogP contribution >= 0.6 is 11.3 Å². The number of aliphatic carboxylic acids is 1. The number of carboxylic acid groups (broad SMARTS) is 1. The van der Waals surface area contributed by atoms with Crippen molar-refractivity contribution in [3.05, 3.63) is 74.7 Å². The van der Waals surface area contributed by atoms with E-state index in [2.05, 4.69) is 4.98 Å². The fraction of sp³-hybridized carbons (Fsp3) is 0.370. The van der Waals surface area contributed by atoms with Gasteiger partial charge in [0.1, 0.15) is 21.8 Å². The molecule has 10 heteroatoms. The number of carboxylic acids is 1. The van der Waals surface area contributed by atoms with Gasteiger partial charge in [-0.3, -0.25) is 9.59 Å².